The van der Waals surface area contributed by atoms with E-state index in [1.807, 2.05) is 60.7 Å². The van der Waals surface area contributed by atoms with Crippen LogP contribution in [-0.4, -0.2) is 27.8 Å². The number of aromatic nitrogens is 2. The van der Waals surface area contributed by atoms with Gasteiger partial charge in [-0.3, -0.25) is 4.79 Å². The first-order valence-corrected chi connectivity index (χ1v) is 13.5. The minimum atomic E-state index is -0.814. The minimum absolute atomic E-state index is 0.0308. The third-order valence-electron chi connectivity index (χ3n) is 7.05. The molecular formula is C32H34N2O4. The van der Waals surface area contributed by atoms with Crippen molar-refractivity contribution in [3.63, 3.8) is 0 Å². The van der Waals surface area contributed by atoms with E-state index in [2.05, 4.69) is 24.0 Å². The zero-order valence-electron chi connectivity index (χ0n) is 22.0. The molecule has 2 N–H and O–H groups in total. The Morgan fingerprint density at radius 3 is 2.55 bits per heavy atom. The van der Waals surface area contributed by atoms with Crippen LogP contribution in [0.25, 0.3) is 33.1 Å². The van der Waals surface area contributed by atoms with Crippen molar-refractivity contribution >= 4 is 27.8 Å². The molecule has 0 aliphatic heterocycles. The zero-order valence-corrected chi connectivity index (χ0v) is 22.0. The molecule has 0 aliphatic carbocycles. The molecule has 38 heavy (non-hydrogen) atoms. The molecule has 0 radical (unpaired) electrons. The molecule has 196 valence electrons. The number of fused-ring (bicyclic) bond motifs is 2. The third kappa shape index (κ3) is 5.30. The van der Waals surface area contributed by atoms with Gasteiger partial charge in [-0.15, -0.1) is 0 Å². The zero-order chi connectivity index (χ0) is 26.5. The van der Waals surface area contributed by atoms with Gasteiger partial charge < -0.3 is 19.4 Å². The summed E-state index contributed by atoms with van der Waals surface area (Å²) in [7, 11) is 0. The van der Waals surface area contributed by atoms with Gasteiger partial charge in [-0.1, -0.05) is 68.2 Å². The van der Waals surface area contributed by atoms with Crippen LogP contribution in [0, 0.1) is 0 Å². The number of rotatable bonds is 12. The van der Waals surface area contributed by atoms with E-state index in [1.54, 1.807) is 0 Å². The van der Waals surface area contributed by atoms with Crippen molar-refractivity contribution in [2.24, 2.45) is 0 Å². The van der Waals surface area contributed by atoms with Crippen LogP contribution in [0.5, 0.6) is 5.75 Å². The average molecular weight is 511 g/mol. The Morgan fingerprint density at radius 2 is 1.79 bits per heavy atom. The predicted octanol–water partition coefficient (Wildman–Crippen LogP) is 7.52. The van der Waals surface area contributed by atoms with Gasteiger partial charge in [0.05, 0.1) is 18.4 Å². The number of benzene rings is 3. The molecular weight excluding hydrogens is 476 g/mol. The number of aromatic amines is 1. The topological polar surface area (TPSA) is 88.4 Å². The van der Waals surface area contributed by atoms with Gasteiger partial charge in [0.15, 0.2) is 5.58 Å². The number of carbonyl (C=O) groups is 1. The molecule has 0 saturated heterocycles. The Kier molecular flexibility index (Phi) is 7.78. The maximum atomic E-state index is 11.2. The number of aliphatic carboxylic acids is 1. The van der Waals surface area contributed by atoms with E-state index in [4.69, 9.17) is 9.26 Å². The van der Waals surface area contributed by atoms with Crippen molar-refractivity contribution in [3.8, 4) is 17.0 Å². The summed E-state index contributed by atoms with van der Waals surface area (Å²) >= 11 is 0. The molecule has 0 saturated carbocycles. The molecule has 0 bridgehead atoms. The maximum Gasteiger partial charge on any atom is 0.307 e. The first kappa shape index (κ1) is 25.6. The van der Waals surface area contributed by atoms with Crippen LogP contribution in [0.1, 0.15) is 55.5 Å². The number of nitrogens with zero attached hydrogens (tertiary/aromatic N) is 1. The summed E-state index contributed by atoms with van der Waals surface area (Å²) in [6.45, 7) is 4.86. The van der Waals surface area contributed by atoms with Crippen molar-refractivity contribution in [1.29, 1.82) is 0 Å². The first-order chi connectivity index (χ1) is 18.6. The summed E-state index contributed by atoms with van der Waals surface area (Å²) < 4.78 is 12.2. The molecule has 5 rings (SSSR count). The highest BCUT2D eigenvalue weighted by molar-refractivity contribution is 5.94. The van der Waals surface area contributed by atoms with Crippen LogP contribution in [0.15, 0.2) is 65.2 Å². The lowest BCUT2D eigenvalue weighted by molar-refractivity contribution is -0.136. The molecule has 0 spiro atoms. The fourth-order valence-corrected chi connectivity index (χ4v) is 5.22. The number of unbranched alkanes of at least 4 members (excludes halogenated alkanes) is 1. The predicted molar refractivity (Wildman–Crippen MR) is 151 cm³/mol. The SMILES string of the molecule is CCCCc1c(CCOc2ccc3c(-c4ccccc4)noc3c2CCC)[nH]c2ccc(CC(=O)O)cc12. The van der Waals surface area contributed by atoms with E-state index >= 15 is 0 Å². The van der Waals surface area contributed by atoms with E-state index in [1.165, 1.54) is 5.56 Å². The van der Waals surface area contributed by atoms with E-state index in [9.17, 15) is 9.90 Å². The van der Waals surface area contributed by atoms with Crippen LogP contribution < -0.4 is 4.74 Å². The van der Waals surface area contributed by atoms with E-state index < -0.39 is 5.97 Å². The standard InChI is InChI=1S/C32H34N2O4/c1-3-5-12-23-26-19-21(20-30(35)36)13-15-27(26)33-28(23)17-18-37-29-16-14-25-31(22-10-7-6-8-11-22)34-38-32(25)24(29)9-4-2/h6-8,10-11,13-16,19,33H,3-5,9,12,17-18,20H2,1-2H3,(H,35,36). The Hall–Kier alpha value is -4.06. The molecule has 6 nitrogen and oxygen atoms in total. The molecule has 5 aromatic rings. The van der Waals surface area contributed by atoms with Gasteiger partial charge in [0, 0.05) is 34.1 Å². The van der Waals surface area contributed by atoms with Gasteiger partial charge in [0.25, 0.3) is 0 Å². The quantitative estimate of drug-likeness (QED) is 0.181. The highest BCUT2D eigenvalue weighted by Crippen LogP contribution is 2.35. The summed E-state index contributed by atoms with van der Waals surface area (Å²) in [6, 6.07) is 20.1. The van der Waals surface area contributed by atoms with Crippen molar-refractivity contribution in [1.82, 2.24) is 10.1 Å². The lowest BCUT2D eigenvalue weighted by Crippen LogP contribution is -2.05. The number of ether oxygens (including phenoxy) is 1. The van der Waals surface area contributed by atoms with Gasteiger partial charge in [-0.25, -0.2) is 0 Å². The molecule has 0 amide bonds. The lowest BCUT2D eigenvalue weighted by Gasteiger charge is -2.12. The van der Waals surface area contributed by atoms with Crippen LogP contribution in [0.2, 0.25) is 0 Å². The summed E-state index contributed by atoms with van der Waals surface area (Å²) in [5, 5.41) is 15.7. The van der Waals surface area contributed by atoms with Gasteiger partial charge in [0.2, 0.25) is 0 Å². The number of H-pyrrole nitrogens is 1. The fourth-order valence-electron chi connectivity index (χ4n) is 5.22. The van der Waals surface area contributed by atoms with Crippen LogP contribution in [-0.2, 0) is 30.5 Å². The number of carboxylic acids is 1. The smallest absolute Gasteiger partial charge is 0.307 e. The number of carboxylic acid groups (broad SMARTS) is 1. The largest absolute Gasteiger partial charge is 0.493 e. The number of nitrogens with one attached hydrogen (secondary N) is 1. The molecule has 2 heterocycles. The Morgan fingerprint density at radius 1 is 0.947 bits per heavy atom. The van der Waals surface area contributed by atoms with Gasteiger partial charge in [-0.2, -0.15) is 0 Å². The van der Waals surface area contributed by atoms with Gasteiger partial charge in [0.1, 0.15) is 11.4 Å². The minimum Gasteiger partial charge on any atom is -0.493 e. The fraction of sp³-hybridized carbons (Fsp3) is 0.312. The highest BCUT2D eigenvalue weighted by Gasteiger charge is 2.18. The third-order valence-corrected chi connectivity index (χ3v) is 7.05. The molecule has 0 fully saturated rings. The molecule has 6 heteroatoms. The van der Waals surface area contributed by atoms with Crippen molar-refractivity contribution in [3.05, 3.63) is 83.0 Å². The molecule has 2 aromatic heterocycles. The summed E-state index contributed by atoms with van der Waals surface area (Å²) in [5.41, 5.74) is 8.03. The molecule has 0 aliphatic rings. The van der Waals surface area contributed by atoms with E-state index in [0.717, 1.165) is 94.2 Å². The number of aryl methyl sites for hydroxylation is 2. The molecule has 0 unspecified atom stereocenters. The summed E-state index contributed by atoms with van der Waals surface area (Å²) in [6.07, 6.45) is 5.71. The Bertz CT molecular complexity index is 1550. The monoisotopic (exact) mass is 510 g/mol. The lowest BCUT2D eigenvalue weighted by atomic mass is 10.0. The molecule has 3 aromatic carbocycles. The normalized spacial score (nSPS) is 11.4. The number of hydrogen-bond acceptors (Lipinski definition) is 4. The van der Waals surface area contributed by atoms with Gasteiger partial charge in [-0.05, 0) is 54.7 Å². The summed E-state index contributed by atoms with van der Waals surface area (Å²) in [5.74, 6) is 0.0243. The first-order valence-electron chi connectivity index (χ1n) is 13.5. The van der Waals surface area contributed by atoms with E-state index in [-0.39, 0.29) is 6.42 Å². The Balaban J connectivity index is 1.40. The molecule has 0 atom stereocenters. The van der Waals surface area contributed by atoms with Crippen molar-refractivity contribution < 1.29 is 19.2 Å². The van der Waals surface area contributed by atoms with Crippen LogP contribution in [0.4, 0.5) is 0 Å². The second kappa shape index (κ2) is 11.5. The maximum absolute atomic E-state index is 11.2. The van der Waals surface area contributed by atoms with Crippen LogP contribution in [0.3, 0.4) is 0 Å². The van der Waals surface area contributed by atoms with Crippen LogP contribution >= 0.6 is 0 Å². The highest BCUT2D eigenvalue weighted by atomic mass is 16.5. The number of hydrogen-bond donors (Lipinski definition) is 2. The summed E-state index contributed by atoms with van der Waals surface area (Å²) in [4.78, 5) is 14.8. The second-order valence-corrected chi connectivity index (χ2v) is 9.80. The van der Waals surface area contributed by atoms with Gasteiger partial charge >= 0.3 is 5.97 Å². The van der Waals surface area contributed by atoms with Crippen molar-refractivity contribution in [2.75, 3.05) is 6.61 Å². The van der Waals surface area contributed by atoms with Crippen molar-refractivity contribution in [2.45, 2.75) is 58.8 Å². The Labute approximate surface area is 222 Å². The van der Waals surface area contributed by atoms with E-state index in [0.29, 0.717) is 6.61 Å². The average Bonchev–Trinajstić information content (AvgIpc) is 3.50. The second-order valence-electron chi connectivity index (χ2n) is 9.80.